The summed E-state index contributed by atoms with van der Waals surface area (Å²) in [4.78, 5) is 6.94. The molecule has 2 aliphatic heterocycles. The summed E-state index contributed by atoms with van der Waals surface area (Å²) in [5.74, 6) is 2.30. The van der Waals surface area contributed by atoms with Gasteiger partial charge in [-0.3, -0.25) is 9.89 Å². The number of morpholine rings is 1. The summed E-state index contributed by atoms with van der Waals surface area (Å²) in [6.07, 6.45) is 1.09. The molecule has 2 N–H and O–H groups in total. The van der Waals surface area contributed by atoms with Gasteiger partial charge < -0.3 is 24.8 Å². The van der Waals surface area contributed by atoms with Crippen LogP contribution in [0.4, 0.5) is 0 Å². The Morgan fingerprint density at radius 3 is 2.67 bits per heavy atom. The molecule has 0 amide bonds. The molecule has 2 heterocycles. The first-order chi connectivity index (χ1) is 14.6. The zero-order chi connectivity index (χ0) is 21.3. The largest absolute Gasteiger partial charge is 0.488 e. The third-order valence-corrected chi connectivity index (χ3v) is 5.84. The van der Waals surface area contributed by atoms with E-state index in [0.717, 1.165) is 63.1 Å². The fourth-order valence-corrected chi connectivity index (χ4v) is 4.00. The molecule has 0 bridgehead atoms. The van der Waals surface area contributed by atoms with Gasteiger partial charge in [-0.25, -0.2) is 0 Å². The first kappa shape index (κ1) is 22.8. The van der Waals surface area contributed by atoms with Crippen LogP contribution in [0.25, 0.3) is 0 Å². The van der Waals surface area contributed by atoms with Gasteiger partial charge in [-0.1, -0.05) is 26.0 Å². The van der Waals surface area contributed by atoms with E-state index in [1.54, 1.807) is 0 Å². The minimum atomic E-state index is 0.142. The highest BCUT2D eigenvalue weighted by Crippen LogP contribution is 2.23. The summed E-state index contributed by atoms with van der Waals surface area (Å²) < 4.78 is 17.2. The number of hydrogen-bond acceptors (Lipinski definition) is 5. The minimum Gasteiger partial charge on any atom is -0.488 e. The van der Waals surface area contributed by atoms with Gasteiger partial charge in [-0.05, 0) is 24.5 Å². The van der Waals surface area contributed by atoms with Gasteiger partial charge in [0.25, 0.3) is 0 Å². The molecule has 7 heteroatoms. The third kappa shape index (κ3) is 6.59. The van der Waals surface area contributed by atoms with Crippen molar-refractivity contribution < 1.29 is 14.2 Å². The van der Waals surface area contributed by atoms with Crippen LogP contribution in [0.1, 0.15) is 31.4 Å². The molecule has 0 aliphatic carbocycles. The first-order valence-electron chi connectivity index (χ1n) is 11.2. The maximum absolute atomic E-state index is 6.22. The maximum Gasteiger partial charge on any atom is 0.191 e. The molecule has 7 nitrogen and oxygen atoms in total. The molecule has 2 fully saturated rings. The fourth-order valence-electron chi connectivity index (χ4n) is 4.00. The smallest absolute Gasteiger partial charge is 0.191 e. The zero-order valence-electron chi connectivity index (χ0n) is 18.9. The monoisotopic (exact) mass is 418 g/mol. The number of nitrogens with zero attached hydrogens (tertiary/aromatic N) is 2. The Hall–Kier alpha value is -1.83. The van der Waals surface area contributed by atoms with E-state index in [2.05, 4.69) is 59.5 Å². The highest BCUT2D eigenvalue weighted by Gasteiger charge is 2.24. The van der Waals surface area contributed by atoms with E-state index in [0.29, 0.717) is 25.1 Å². The summed E-state index contributed by atoms with van der Waals surface area (Å²) >= 11 is 0. The van der Waals surface area contributed by atoms with Crippen LogP contribution in [-0.4, -0.2) is 76.1 Å². The molecular formula is C23H38N4O3. The lowest BCUT2D eigenvalue weighted by molar-refractivity contribution is 0.00752. The van der Waals surface area contributed by atoms with E-state index in [-0.39, 0.29) is 6.10 Å². The van der Waals surface area contributed by atoms with E-state index in [4.69, 9.17) is 14.2 Å². The standard InChI is InChI=1S/C23H38N4O3/c1-17(2)21(27-8-11-28-12-9-27)15-26-23(24-4)25-14-19-6-5-18(3)13-22(19)30-20-7-10-29-16-20/h5-6,13,17,20-21H,7-12,14-16H2,1-4H3,(H2,24,25,26). The second kappa shape index (κ2) is 11.5. The lowest BCUT2D eigenvalue weighted by Gasteiger charge is -2.37. The number of hydrogen-bond donors (Lipinski definition) is 2. The average Bonchev–Trinajstić information content (AvgIpc) is 3.25. The van der Waals surface area contributed by atoms with Gasteiger partial charge in [0.15, 0.2) is 5.96 Å². The predicted octanol–water partition coefficient (Wildman–Crippen LogP) is 2.18. The molecule has 1 aromatic rings. The van der Waals surface area contributed by atoms with Crippen molar-refractivity contribution in [2.75, 3.05) is 53.1 Å². The van der Waals surface area contributed by atoms with Gasteiger partial charge in [0, 0.05) is 51.3 Å². The lowest BCUT2D eigenvalue weighted by atomic mass is 10.0. The van der Waals surface area contributed by atoms with Gasteiger partial charge in [0.1, 0.15) is 11.9 Å². The molecule has 2 saturated heterocycles. The second-order valence-electron chi connectivity index (χ2n) is 8.48. The van der Waals surface area contributed by atoms with Crippen molar-refractivity contribution in [1.29, 1.82) is 0 Å². The van der Waals surface area contributed by atoms with E-state index < -0.39 is 0 Å². The molecule has 1 aromatic carbocycles. The molecule has 2 unspecified atom stereocenters. The van der Waals surface area contributed by atoms with Gasteiger partial charge in [0.05, 0.1) is 26.4 Å². The number of aliphatic imine (C=N–C) groups is 1. The molecule has 2 aliphatic rings. The second-order valence-corrected chi connectivity index (χ2v) is 8.48. The van der Waals surface area contributed by atoms with Crippen LogP contribution in [0.15, 0.2) is 23.2 Å². The lowest BCUT2D eigenvalue weighted by Crippen LogP contribution is -2.52. The Labute approximate surface area is 181 Å². The van der Waals surface area contributed by atoms with Crippen molar-refractivity contribution in [2.24, 2.45) is 10.9 Å². The van der Waals surface area contributed by atoms with Crippen molar-refractivity contribution in [1.82, 2.24) is 15.5 Å². The van der Waals surface area contributed by atoms with Gasteiger partial charge in [-0.2, -0.15) is 0 Å². The van der Waals surface area contributed by atoms with Crippen LogP contribution in [0.5, 0.6) is 5.75 Å². The van der Waals surface area contributed by atoms with Crippen LogP contribution in [0, 0.1) is 12.8 Å². The van der Waals surface area contributed by atoms with Gasteiger partial charge >= 0.3 is 0 Å². The minimum absolute atomic E-state index is 0.142. The van der Waals surface area contributed by atoms with E-state index >= 15 is 0 Å². The normalized spacial score (nSPS) is 21.6. The summed E-state index contributed by atoms with van der Waals surface area (Å²) in [6, 6.07) is 6.82. The summed E-state index contributed by atoms with van der Waals surface area (Å²) in [7, 11) is 1.82. The Bertz CT molecular complexity index is 683. The van der Waals surface area contributed by atoms with E-state index in [1.807, 2.05) is 7.05 Å². The van der Waals surface area contributed by atoms with Crippen LogP contribution >= 0.6 is 0 Å². The number of rotatable bonds is 8. The third-order valence-electron chi connectivity index (χ3n) is 5.84. The SMILES string of the molecule is CN=C(NCc1ccc(C)cc1OC1CCOC1)NCC(C(C)C)N1CCOCC1. The molecule has 168 valence electrons. The highest BCUT2D eigenvalue weighted by atomic mass is 16.5. The summed E-state index contributed by atoms with van der Waals surface area (Å²) in [5, 5.41) is 6.97. The van der Waals surface area contributed by atoms with Crippen LogP contribution in [0.2, 0.25) is 0 Å². The van der Waals surface area contributed by atoms with Crippen LogP contribution < -0.4 is 15.4 Å². The van der Waals surface area contributed by atoms with Gasteiger partial charge in [-0.15, -0.1) is 0 Å². The Morgan fingerprint density at radius 1 is 1.20 bits per heavy atom. The summed E-state index contributed by atoms with van der Waals surface area (Å²) in [5.41, 5.74) is 2.32. The molecule has 2 atom stereocenters. The molecule has 30 heavy (non-hydrogen) atoms. The van der Waals surface area contributed by atoms with Crippen molar-refractivity contribution in [3.8, 4) is 5.75 Å². The van der Waals surface area contributed by atoms with Crippen molar-refractivity contribution in [2.45, 2.75) is 45.9 Å². The van der Waals surface area contributed by atoms with E-state index in [1.165, 1.54) is 5.56 Å². The fraction of sp³-hybridized carbons (Fsp3) is 0.696. The Kier molecular flexibility index (Phi) is 8.78. The molecule has 0 aromatic heterocycles. The topological polar surface area (TPSA) is 67.4 Å². The quantitative estimate of drug-likeness (QED) is 0.498. The summed E-state index contributed by atoms with van der Waals surface area (Å²) in [6.45, 7) is 13.2. The number of aryl methyl sites for hydroxylation is 1. The first-order valence-corrected chi connectivity index (χ1v) is 11.2. The number of ether oxygens (including phenoxy) is 3. The predicted molar refractivity (Wildman–Crippen MR) is 120 cm³/mol. The van der Waals surface area contributed by atoms with Crippen molar-refractivity contribution in [3.05, 3.63) is 29.3 Å². The molecular weight excluding hydrogens is 380 g/mol. The Balaban J connectivity index is 1.55. The van der Waals surface area contributed by atoms with Crippen LogP contribution in [-0.2, 0) is 16.0 Å². The highest BCUT2D eigenvalue weighted by molar-refractivity contribution is 5.79. The Morgan fingerprint density at radius 2 is 2.00 bits per heavy atom. The molecule has 3 rings (SSSR count). The van der Waals surface area contributed by atoms with E-state index in [9.17, 15) is 0 Å². The van der Waals surface area contributed by atoms with Crippen LogP contribution in [0.3, 0.4) is 0 Å². The maximum atomic E-state index is 6.22. The number of benzene rings is 1. The molecule has 0 spiro atoms. The molecule has 0 radical (unpaired) electrons. The molecule has 0 saturated carbocycles. The van der Waals surface area contributed by atoms with Crippen molar-refractivity contribution in [3.63, 3.8) is 0 Å². The number of nitrogens with one attached hydrogen (secondary N) is 2. The zero-order valence-corrected chi connectivity index (χ0v) is 18.9. The van der Waals surface area contributed by atoms with Gasteiger partial charge in [0.2, 0.25) is 0 Å². The average molecular weight is 419 g/mol. The number of guanidine groups is 1. The van der Waals surface area contributed by atoms with Crippen molar-refractivity contribution >= 4 is 5.96 Å².